The summed E-state index contributed by atoms with van der Waals surface area (Å²) in [5.41, 5.74) is -0.892. The molecular formula is C18H16F3NO4. The highest BCUT2D eigenvalue weighted by atomic mass is 19.4. The summed E-state index contributed by atoms with van der Waals surface area (Å²) >= 11 is 0. The number of carbonyl (C=O) groups excluding carboxylic acids is 2. The van der Waals surface area contributed by atoms with Crippen LogP contribution in [-0.2, 0) is 15.7 Å². The fourth-order valence-electron chi connectivity index (χ4n) is 2.09. The number of hydrogen-bond acceptors (Lipinski definition) is 4. The van der Waals surface area contributed by atoms with Crippen LogP contribution >= 0.6 is 0 Å². The van der Waals surface area contributed by atoms with E-state index in [-0.39, 0.29) is 5.56 Å². The van der Waals surface area contributed by atoms with Crippen LogP contribution in [0.3, 0.4) is 0 Å². The molecule has 138 valence electrons. The van der Waals surface area contributed by atoms with Crippen molar-refractivity contribution in [3.05, 3.63) is 59.7 Å². The van der Waals surface area contributed by atoms with Gasteiger partial charge in [-0.15, -0.1) is 0 Å². The van der Waals surface area contributed by atoms with Gasteiger partial charge in [0.25, 0.3) is 5.91 Å². The Labute approximate surface area is 147 Å². The first-order valence-corrected chi connectivity index (χ1v) is 7.54. The van der Waals surface area contributed by atoms with Crippen LogP contribution in [0.4, 0.5) is 18.9 Å². The minimum atomic E-state index is -4.58. The average Bonchev–Trinajstić information content (AvgIpc) is 2.61. The Bertz CT molecular complexity index is 805. The number of nitrogens with one attached hydrogen (secondary N) is 1. The van der Waals surface area contributed by atoms with Crippen LogP contribution in [0.5, 0.6) is 5.75 Å². The first-order valence-electron chi connectivity index (χ1n) is 7.54. The van der Waals surface area contributed by atoms with E-state index < -0.39 is 29.7 Å². The second-order valence-electron chi connectivity index (χ2n) is 5.32. The summed E-state index contributed by atoms with van der Waals surface area (Å²) in [7, 11) is 1.43. The van der Waals surface area contributed by atoms with E-state index in [9.17, 15) is 22.8 Å². The fourth-order valence-corrected chi connectivity index (χ4v) is 2.09. The van der Waals surface area contributed by atoms with Crippen LogP contribution in [0.25, 0.3) is 0 Å². The van der Waals surface area contributed by atoms with Gasteiger partial charge in [-0.3, -0.25) is 4.79 Å². The van der Waals surface area contributed by atoms with E-state index >= 15 is 0 Å². The van der Waals surface area contributed by atoms with Crippen molar-refractivity contribution in [3.63, 3.8) is 0 Å². The zero-order chi connectivity index (χ0) is 19.3. The van der Waals surface area contributed by atoms with E-state index in [1.807, 2.05) is 0 Å². The zero-order valence-corrected chi connectivity index (χ0v) is 14.0. The molecule has 0 saturated heterocycles. The molecule has 2 rings (SSSR count). The smallest absolute Gasteiger partial charge is 0.416 e. The van der Waals surface area contributed by atoms with E-state index in [1.54, 1.807) is 24.3 Å². The normalized spacial score (nSPS) is 12.2. The number of alkyl halides is 3. The molecular weight excluding hydrogens is 351 g/mol. The van der Waals surface area contributed by atoms with Gasteiger partial charge in [-0.05, 0) is 37.3 Å². The SMILES string of the molecule is COc1ccccc1NC(=O)[C@@H](C)OC(=O)c1cccc(C(F)(F)F)c1. The standard InChI is InChI=1S/C18H16F3NO4/c1-11(16(23)22-14-8-3-4-9-15(14)25-2)26-17(24)12-6-5-7-13(10-12)18(19,20)21/h3-11H,1-2H3,(H,22,23)/t11-/m1/s1. The van der Waals surface area contributed by atoms with Crippen molar-refractivity contribution in [3.8, 4) is 5.75 Å². The molecule has 0 aliphatic heterocycles. The molecule has 5 nitrogen and oxygen atoms in total. The molecule has 0 spiro atoms. The maximum absolute atomic E-state index is 12.7. The van der Waals surface area contributed by atoms with Crippen molar-refractivity contribution in [1.82, 2.24) is 0 Å². The Balaban J connectivity index is 2.06. The van der Waals surface area contributed by atoms with Gasteiger partial charge in [0.05, 0.1) is 23.9 Å². The van der Waals surface area contributed by atoms with Gasteiger partial charge in [0.1, 0.15) is 5.75 Å². The second-order valence-corrected chi connectivity index (χ2v) is 5.32. The number of hydrogen-bond donors (Lipinski definition) is 1. The van der Waals surface area contributed by atoms with E-state index in [0.29, 0.717) is 17.5 Å². The molecule has 2 aromatic carbocycles. The molecule has 0 aliphatic rings. The number of anilines is 1. The molecule has 0 aromatic heterocycles. The lowest BCUT2D eigenvalue weighted by atomic mass is 10.1. The van der Waals surface area contributed by atoms with E-state index in [2.05, 4.69) is 5.32 Å². The Morgan fingerprint density at radius 3 is 2.42 bits per heavy atom. The minimum Gasteiger partial charge on any atom is -0.495 e. The van der Waals surface area contributed by atoms with Crippen molar-refractivity contribution in [2.75, 3.05) is 12.4 Å². The van der Waals surface area contributed by atoms with Gasteiger partial charge in [0, 0.05) is 0 Å². The third kappa shape index (κ3) is 4.75. The number of ether oxygens (including phenoxy) is 2. The fraction of sp³-hybridized carbons (Fsp3) is 0.222. The Kier molecular flexibility index (Phi) is 5.86. The highest BCUT2D eigenvalue weighted by Gasteiger charge is 2.31. The van der Waals surface area contributed by atoms with Crippen molar-refractivity contribution >= 4 is 17.6 Å². The quantitative estimate of drug-likeness (QED) is 0.814. The van der Waals surface area contributed by atoms with Gasteiger partial charge in [-0.25, -0.2) is 4.79 Å². The summed E-state index contributed by atoms with van der Waals surface area (Å²) < 4.78 is 48.2. The summed E-state index contributed by atoms with van der Waals surface area (Å²) in [5, 5.41) is 2.53. The summed E-state index contributed by atoms with van der Waals surface area (Å²) in [6, 6.07) is 10.4. The maximum atomic E-state index is 12.7. The average molecular weight is 367 g/mol. The summed E-state index contributed by atoms with van der Waals surface area (Å²) in [4.78, 5) is 24.2. The number of carbonyl (C=O) groups is 2. The van der Waals surface area contributed by atoms with Crippen molar-refractivity contribution in [2.45, 2.75) is 19.2 Å². The molecule has 0 bridgehead atoms. The third-order valence-electron chi connectivity index (χ3n) is 3.44. The van der Waals surface area contributed by atoms with Crippen LogP contribution in [0.1, 0.15) is 22.8 Å². The lowest BCUT2D eigenvalue weighted by Crippen LogP contribution is -2.30. The van der Waals surface area contributed by atoms with Crippen LogP contribution < -0.4 is 10.1 Å². The lowest BCUT2D eigenvalue weighted by molar-refractivity contribution is -0.137. The minimum absolute atomic E-state index is 0.295. The Morgan fingerprint density at radius 1 is 1.08 bits per heavy atom. The molecule has 0 saturated carbocycles. The van der Waals surface area contributed by atoms with Crippen LogP contribution in [0, 0.1) is 0 Å². The summed E-state index contributed by atoms with van der Waals surface area (Å²) in [6.45, 7) is 1.32. The molecule has 0 aliphatic carbocycles. The van der Waals surface area contributed by atoms with Gasteiger partial charge >= 0.3 is 12.1 Å². The van der Waals surface area contributed by atoms with E-state index in [4.69, 9.17) is 9.47 Å². The number of benzene rings is 2. The van der Waals surface area contributed by atoms with Crippen molar-refractivity contribution in [1.29, 1.82) is 0 Å². The topological polar surface area (TPSA) is 64.6 Å². The van der Waals surface area contributed by atoms with Crippen molar-refractivity contribution in [2.24, 2.45) is 0 Å². The molecule has 1 N–H and O–H groups in total. The molecule has 0 fully saturated rings. The molecule has 0 radical (unpaired) electrons. The number of para-hydroxylation sites is 2. The van der Waals surface area contributed by atoms with Crippen LogP contribution in [0.15, 0.2) is 48.5 Å². The first-order chi connectivity index (χ1) is 12.2. The first kappa shape index (κ1) is 19.3. The largest absolute Gasteiger partial charge is 0.495 e. The zero-order valence-electron chi connectivity index (χ0n) is 14.0. The van der Waals surface area contributed by atoms with Crippen LogP contribution in [0.2, 0.25) is 0 Å². The van der Waals surface area contributed by atoms with Gasteiger partial charge < -0.3 is 14.8 Å². The Hall–Kier alpha value is -3.03. The predicted molar refractivity (Wildman–Crippen MR) is 87.9 cm³/mol. The maximum Gasteiger partial charge on any atom is 0.416 e. The van der Waals surface area contributed by atoms with Gasteiger partial charge in [0.15, 0.2) is 6.10 Å². The molecule has 8 heteroatoms. The molecule has 2 aromatic rings. The van der Waals surface area contributed by atoms with E-state index in [0.717, 1.165) is 12.1 Å². The van der Waals surface area contributed by atoms with Gasteiger partial charge in [0.2, 0.25) is 0 Å². The monoisotopic (exact) mass is 367 g/mol. The summed E-state index contributed by atoms with van der Waals surface area (Å²) in [5.74, 6) is -1.26. The highest BCUT2D eigenvalue weighted by molar-refractivity contribution is 5.98. The third-order valence-corrected chi connectivity index (χ3v) is 3.44. The second kappa shape index (κ2) is 7.90. The van der Waals surface area contributed by atoms with Gasteiger partial charge in [-0.2, -0.15) is 13.2 Å². The van der Waals surface area contributed by atoms with Gasteiger partial charge in [-0.1, -0.05) is 18.2 Å². The number of esters is 1. The molecule has 1 amide bonds. The molecule has 1 atom stereocenters. The van der Waals surface area contributed by atoms with Crippen molar-refractivity contribution < 1.29 is 32.2 Å². The lowest BCUT2D eigenvalue weighted by Gasteiger charge is -2.15. The van der Waals surface area contributed by atoms with Crippen LogP contribution in [-0.4, -0.2) is 25.1 Å². The molecule has 0 heterocycles. The number of halogens is 3. The molecule has 26 heavy (non-hydrogen) atoms. The molecule has 0 unspecified atom stereocenters. The number of rotatable bonds is 5. The number of methoxy groups -OCH3 is 1. The van der Waals surface area contributed by atoms with E-state index in [1.165, 1.54) is 20.1 Å². The number of amides is 1. The highest BCUT2D eigenvalue weighted by Crippen LogP contribution is 2.29. The Morgan fingerprint density at radius 2 is 1.77 bits per heavy atom. The predicted octanol–water partition coefficient (Wildman–Crippen LogP) is 3.90. The summed E-state index contributed by atoms with van der Waals surface area (Å²) in [6.07, 6.45) is -5.80.